The van der Waals surface area contributed by atoms with Crippen LogP contribution in [-0.4, -0.2) is 36.8 Å². The molecule has 0 fully saturated rings. The first-order valence-corrected chi connectivity index (χ1v) is 15.9. The predicted octanol–water partition coefficient (Wildman–Crippen LogP) is 5.69. The summed E-state index contributed by atoms with van der Waals surface area (Å²) in [6.07, 6.45) is 1.66. The number of methoxy groups -OCH3 is 1. The van der Waals surface area contributed by atoms with E-state index in [0.717, 1.165) is 11.1 Å². The highest BCUT2D eigenvalue weighted by Gasteiger charge is 2.35. The second-order valence-electron chi connectivity index (χ2n) is 10.7. The fourth-order valence-electron chi connectivity index (χ4n) is 5.49. The molecule has 6 rings (SSSR count). The predicted molar refractivity (Wildman–Crippen MR) is 179 cm³/mol. The molecule has 10 heteroatoms. The molecule has 1 aliphatic heterocycles. The van der Waals surface area contributed by atoms with Crippen molar-refractivity contribution in [2.75, 3.05) is 20.3 Å². The number of hydrogen-bond acceptors (Lipinski definition) is 9. The minimum absolute atomic E-state index is 0.155. The van der Waals surface area contributed by atoms with Crippen LogP contribution in [0.2, 0.25) is 0 Å². The molecule has 0 amide bonds. The van der Waals surface area contributed by atoms with Crippen molar-refractivity contribution in [2.24, 2.45) is 4.99 Å². The Bertz CT molecular complexity index is 2190. The van der Waals surface area contributed by atoms with Gasteiger partial charge < -0.3 is 18.6 Å². The highest BCUT2D eigenvalue weighted by Crippen LogP contribution is 2.37. The molecule has 1 aliphatic rings. The van der Waals surface area contributed by atoms with Gasteiger partial charge in [-0.15, -0.1) is 0 Å². The summed E-state index contributed by atoms with van der Waals surface area (Å²) in [6, 6.07) is 24.7. The Hall–Kier alpha value is -5.48. The lowest BCUT2D eigenvalue weighted by molar-refractivity contribution is -0.138. The van der Waals surface area contributed by atoms with Gasteiger partial charge in [-0.3, -0.25) is 9.36 Å². The van der Waals surface area contributed by atoms with Gasteiger partial charge in [0.25, 0.3) is 5.56 Å². The molecule has 0 spiro atoms. The van der Waals surface area contributed by atoms with Gasteiger partial charge in [-0.1, -0.05) is 65.9 Å². The van der Waals surface area contributed by atoms with Crippen LogP contribution >= 0.6 is 11.3 Å². The van der Waals surface area contributed by atoms with Gasteiger partial charge in [0.05, 0.1) is 47.7 Å². The molecule has 0 aliphatic carbocycles. The summed E-state index contributed by atoms with van der Waals surface area (Å²) in [7, 11) is 1.58. The number of esters is 2. The van der Waals surface area contributed by atoms with Crippen LogP contribution < -0.4 is 19.6 Å². The average molecular weight is 649 g/mol. The van der Waals surface area contributed by atoms with Crippen molar-refractivity contribution in [1.29, 1.82) is 0 Å². The lowest BCUT2D eigenvalue weighted by Crippen LogP contribution is -2.40. The first-order chi connectivity index (χ1) is 22.8. The van der Waals surface area contributed by atoms with E-state index in [9.17, 15) is 14.4 Å². The second kappa shape index (κ2) is 13.5. The van der Waals surface area contributed by atoms with Gasteiger partial charge in [-0.25, -0.2) is 14.6 Å². The molecule has 3 aromatic carbocycles. The van der Waals surface area contributed by atoms with Crippen LogP contribution in [0.3, 0.4) is 0 Å². The third kappa shape index (κ3) is 6.19. The summed E-state index contributed by atoms with van der Waals surface area (Å²) < 4.78 is 24.3. The van der Waals surface area contributed by atoms with Gasteiger partial charge in [0, 0.05) is 17.2 Å². The van der Waals surface area contributed by atoms with Gasteiger partial charge in [-0.05, 0) is 62.2 Å². The Labute approximate surface area is 274 Å². The fourth-order valence-corrected chi connectivity index (χ4v) is 6.47. The Kier molecular flexibility index (Phi) is 9.03. The Balaban J connectivity index is 1.52. The van der Waals surface area contributed by atoms with E-state index in [0.29, 0.717) is 49.0 Å². The molecule has 47 heavy (non-hydrogen) atoms. The van der Waals surface area contributed by atoms with Crippen molar-refractivity contribution in [3.63, 3.8) is 0 Å². The minimum atomic E-state index is -0.838. The maximum atomic E-state index is 14.2. The van der Waals surface area contributed by atoms with Crippen molar-refractivity contribution < 1.29 is 28.2 Å². The summed E-state index contributed by atoms with van der Waals surface area (Å²) in [5, 5.41) is 0. The molecule has 5 aromatic rings. The lowest BCUT2D eigenvalue weighted by Gasteiger charge is -2.26. The van der Waals surface area contributed by atoms with E-state index in [1.54, 1.807) is 57.4 Å². The summed E-state index contributed by atoms with van der Waals surface area (Å²) in [6.45, 7) is 5.85. The number of aromatic nitrogens is 1. The molecule has 0 saturated carbocycles. The van der Waals surface area contributed by atoms with Gasteiger partial charge >= 0.3 is 11.9 Å². The van der Waals surface area contributed by atoms with Crippen LogP contribution in [0.4, 0.5) is 0 Å². The Morgan fingerprint density at radius 2 is 1.66 bits per heavy atom. The summed E-state index contributed by atoms with van der Waals surface area (Å²) in [5.74, 6) is 0.611. The molecule has 238 valence electrons. The summed E-state index contributed by atoms with van der Waals surface area (Å²) in [5.41, 5.74) is 3.76. The maximum absolute atomic E-state index is 14.2. The average Bonchev–Trinajstić information content (AvgIpc) is 3.69. The molecule has 0 saturated heterocycles. The van der Waals surface area contributed by atoms with E-state index in [1.165, 1.54) is 15.9 Å². The van der Waals surface area contributed by atoms with E-state index >= 15 is 0 Å². The van der Waals surface area contributed by atoms with E-state index in [1.807, 2.05) is 61.5 Å². The number of ether oxygens (including phenoxy) is 3. The summed E-state index contributed by atoms with van der Waals surface area (Å²) >= 11 is 1.20. The van der Waals surface area contributed by atoms with Gasteiger partial charge in [0.2, 0.25) is 0 Å². The number of aryl methyl sites for hydroxylation is 1. The molecule has 9 nitrogen and oxygen atoms in total. The minimum Gasteiger partial charge on any atom is -0.496 e. The Morgan fingerprint density at radius 1 is 0.915 bits per heavy atom. The smallest absolute Gasteiger partial charge is 0.338 e. The number of fused-ring (bicyclic) bond motifs is 1. The topological polar surface area (TPSA) is 109 Å². The van der Waals surface area contributed by atoms with Crippen LogP contribution in [-0.2, 0) is 14.3 Å². The van der Waals surface area contributed by atoms with Gasteiger partial charge in [0.15, 0.2) is 4.80 Å². The van der Waals surface area contributed by atoms with E-state index in [2.05, 4.69) is 0 Å². The highest BCUT2D eigenvalue weighted by molar-refractivity contribution is 7.07. The van der Waals surface area contributed by atoms with Gasteiger partial charge in [-0.2, -0.15) is 0 Å². The van der Waals surface area contributed by atoms with Crippen LogP contribution in [0.1, 0.15) is 52.7 Å². The number of benzene rings is 3. The molecular weight excluding hydrogens is 616 g/mol. The molecule has 1 atom stereocenters. The zero-order valence-corrected chi connectivity index (χ0v) is 27.1. The number of carbonyl (C=O) groups is 2. The summed E-state index contributed by atoms with van der Waals surface area (Å²) in [4.78, 5) is 45.5. The van der Waals surface area contributed by atoms with Gasteiger partial charge in [0.1, 0.15) is 17.3 Å². The molecule has 3 heterocycles. The van der Waals surface area contributed by atoms with Crippen molar-refractivity contribution in [3.05, 3.63) is 138 Å². The third-order valence-corrected chi connectivity index (χ3v) is 8.66. The number of thiazole rings is 1. The second-order valence-corrected chi connectivity index (χ2v) is 11.7. The fraction of sp³-hybridized carbons (Fsp3) is 0.189. The molecule has 0 unspecified atom stereocenters. The van der Waals surface area contributed by atoms with Crippen molar-refractivity contribution in [2.45, 2.75) is 26.8 Å². The monoisotopic (exact) mass is 648 g/mol. The van der Waals surface area contributed by atoms with Crippen LogP contribution in [0.25, 0.3) is 23.1 Å². The number of hydrogen-bond donors (Lipinski definition) is 0. The number of carbonyl (C=O) groups excluding carboxylic acids is 2. The van der Waals surface area contributed by atoms with Crippen molar-refractivity contribution >= 4 is 35.0 Å². The van der Waals surface area contributed by atoms with Crippen LogP contribution in [0, 0.1) is 6.92 Å². The SMILES string of the molecule is CCOC(=O)C1=C(c2ccccc2)N=c2s/c(=C/c3ccc(-c4cccc(C(=O)OCC)c4)o3)c(=O)n2[C@H]1c1ccc(C)c(OC)c1. The quantitative estimate of drug-likeness (QED) is 0.189. The van der Waals surface area contributed by atoms with Crippen LogP contribution in [0.5, 0.6) is 5.75 Å². The van der Waals surface area contributed by atoms with Crippen molar-refractivity contribution in [1.82, 2.24) is 4.57 Å². The zero-order chi connectivity index (χ0) is 33.1. The number of rotatable bonds is 9. The highest BCUT2D eigenvalue weighted by atomic mass is 32.1. The zero-order valence-electron chi connectivity index (χ0n) is 26.3. The molecule has 2 aromatic heterocycles. The van der Waals surface area contributed by atoms with Crippen LogP contribution in [0.15, 0.2) is 105 Å². The first kappa shape index (κ1) is 31.5. The number of furan rings is 1. The molecule has 0 radical (unpaired) electrons. The van der Waals surface area contributed by atoms with E-state index in [-0.39, 0.29) is 24.3 Å². The molecule has 0 N–H and O–H groups in total. The number of nitrogens with zero attached hydrogens (tertiary/aromatic N) is 2. The molecular formula is C37H32N2O7S. The Morgan fingerprint density at radius 3 is 2.40 bits per heavy atom. The largest absolute Gasteiger partial charge is 0.496 e. The standard InChI is InChI=1S/C37H32N2O7S/c1-5-44-35(41)26-14-10-13-24(19-26)28-18-17-27(46-28)21-30-34(40)39-33(25-16-15-22(3)29(20-25)43-4)31(36(42)45-6-2)32(38-37(39)47-30)23-11-8-7-9-12-23/h7-21,33H,5-6H2,1-4H3/b30-21+/t33-/m0/s1. The van der Waals surface area contributed by atoms with Crippen molar-refractivity contribution in [3.8, 4) is 17.1 Å². The molecule has 0 bridgehead atoms. The first-order valence-electron chi connectivity index (χ1n) is 15.1. The lowest BCUT2D eigenvalue weighted by atomic mass is 9.92. The van der Waals surface area contributed by atoms with E-state index in [4.69, 9.17) is 23.6 Å². The van der Waals surface area contributed by atoms with E-state index < -0.39 is 18.0 Å². The normalized spacial score (nSPS) is 14.4. The third-order valence-electron chi connectivity index (χ3n) is 7.68. The maximum Gasteiger partial charge on any atom is 0.338 e.